The molecule has 3 saturated heterocycles. The molecule has 0 amide bonds. The van der Waals surface area contributed by atoms with E-state index in [1.807, 2.05) is 46.8 Å². The standard InChI is InChI=1S/C38H57O13.Rb/c1-22-11-28-17-26(40)18-34(43)49-31(23(2)39)19-29-14-25(16-33(42)47-8)20-37(44,50-29)35(3,4)10-9-27-12-24(15-32(41)46-7)13-30(48-27)21-38(45,51-28)36(22,5)6;/h9-10,15-16,20,22-23,26-31,39-40,44-45H,11-14,17-19,21H2,1-8H3;/b10-9+,24-15+,25-16+;/t22-,23+,26+,27-,28-,29-,30-,31+,37+,38-;/m0./s1. The molecule has 0 aliphatic carbocycles. The Bertz CT molecular complexity index is 1400. The Kier molecular flexibility index (Phi) is 14.8. The summed E-state index contributed by atoms with van der Waals surface area (Å²) in [7, 11) is 2.59. The Morgan fingerprint density at radius 3 is 2.23 bits per heavy atom. The zero-order valence-corrected chi connectivity index (χ0v) is 37.0. The van der Waals surface area contributed by atoms with Crippen molar-refractivity contribution in [3.63, 3.8) is 0 Å². The molecule has 4 rings (SSSR count). The van der Waals surface area contributed by atoms with Crippen LogP contribution in [0.5, 0.6) is 0 Å². The van der Waals surface area contributed by atoms with Crippen LogP contribution in [-0.2, 0) is 42.8 Å². The molecule has 0 unspecified atom stereocenters. The summed E-state index contributed by atoms with van der Waals surface area (Å²) in [5.74, 6) is -5.35. The van der Waals surface area contributed by atoms with Gasteiger partial charge in [0.25, 0.3) is 0 Å². The predicted molar refractivity (Wildman–Crippen MR) is 188 cm³/mol. The van der Waals surface area contributed by atoms with Gasteiger partial charge in [0.2, 0.25) is 0 Å². The normalized spacial score (nSPS) is 41.3. The SMILES string of the molecule is COC(=O)/C=C1/C[C@H]2C[C@]3(O)O[C@H](C[C@@H](O)CC(=O)O[C@@H]([C@@H](C)O)C[C@@H]4C/C(=C\C(=O)OC)[C@H]([Rb])[C@@](O)(O4)C(C)(C)/C=C/[C@@H](C1)O2)C[C@H](C)C3(C)C. The molecule has 0 aromatic rings. The van der Waals surface area contributed by atoms with Crippen LogP contribution in [0.3, 0.4) is 0 Å². The topological polar surface area (TPSA) is 188 Å². The Morgan fingerprint density at radius 2 is 1.60 bits per heavy atom. The van der Waals surface area contributed by atoms with E-state index in [1.165, 1.54) is 33.3 Å². The van der Waals surface area contributed by atoms with Crippen LogP contribution in [0.2, 0.25) is -1.01 Å². The monoisotopic (exact) mass is 806 g/mol. The summed E-state index contributed by atoms with van der Waals surface area (Å²) in [5, 5.41) is 46.5. The maximum atomic E-state index is 13.2. The van der Waals surface area contributed by atoms with Gasteiger partial charge in [-0.25, -0.2) is 0 Å². The summed E-state index contributed by atoms with van der Waals surface area (Å²) in [6, 6.07) is 0. The number of aliphatic hydroxyl groups is 4. The number of cyclic esters (lactones) is 1. The molecule has 52 heavy (non-hydrogen) atoms. The van der Waals surface area contributed by atoms with Crippen molar-refractivity contribution >= 4 is 73.4 Å². The van der Waals surface area contributed by atoms with Gasteiger partial charge in [0.1, 0.15) is 0 Å². The maximum absolute atomic E-state index is 13.2. The van der Waals surface area contributed by atoms with Gasteiger partial charge in [0.15, 0.2) is 0 Å². The van der Waals surface area contributed by atoms with Gasteiger partial charge < -0.3 is 0 Å². The fraction of sp³-hybridized carbons (Fsp3) is 0.763. The molecule has 0 radical (unpaired) electrons. The molecular weight excluding hydrogens is 750 g/mol. The molecule has 4 heterocycles. The van der Waals surface area contributed by atoms with Crippen molar-refractivity contribution < 1.29 is 63.2 Å². The van der Waals surface area contributed by atoms with Crippen molar-refractivity contribution in [2.24, 2.45) is 16.7 Å². The molecule has 14 heteroatoms. The number of methoxy groups -OCH3 is 2. The molecule has 0 spiro atoms. The number of rotatable bonds is 3. The van der Waals surface area contributed by atoms with Crippen molar-refractivity contribution in [2.45, 2.75) is 146 Å². The molecule has 4 aliphatic rings. The number of fused-ring (bicyclic) bond motifs is 6. The van der Waals surface area contributed by atoms with E-state index in [1.54, 1.807) is 0 Å². The first-order valence-electron chi connectivity index (χ1n) is 18.4. The summed E-state index contributed by atoms with van der Waals surface area (Å²) in [6.07, 6.45) is 1.87. The number of ether oxygens (including phenoxy) is 6. The van der Waals surface area contributed by atoms with Gasteiger partial charge in [-0.2, -0.15) is 0 Å². The van der Waals surface area contributed by atoms with Crippen LogP contribution in [-0.4, -0.2) is 162 Å². The third-order valence-electron chi connectivity index (χ3n) is 11.9. The van der Waals surface area contributed by atoms with Crippen LogP contribution in [0.15, 0.2) is 35.5 Å². The number of hydrogen-bond donors (Lipinski definition) is 4. The molecule has 11 atom stereocenters. The molecule has 13 nitrogen and oxygen atoms in total. The average Bonchev–Trinajstić information content (AvgIpc) is 3.04. The molecule has 3 fully saturated rings. The fourth-order valence-electron chi connectivity index (χ4n) is 8.06. The quantitative estimate of drug-likeness (QED) is 0.141. The average molecular weight is 807 g/mol. The molecule has 0 aromatic heterocycles. The number of hydrogen-bond acceptors (Lipinski definition) is 13. The van der Waals surface area contributed by atoms with Crippen LogP contribution in [0.4, 0.5) is 0 Å². The summed E-state index contributed by atoms with van der Waals surface area (Å²) in [4.78, 5) is 38.0. The van der Waals surface area contributed by atoms with E-state index in [4.69, 9.17) is 28.4 Å². The van der Waals surface area contributed by atoms with Crippen LogP contribution in [0.25, 0.3) is 0 Å². The van der Waals surface area contributed by atoms with Gasteiger partial charge in [-0.05, 0) is 6.42 Å². The van der Waals surface area contributed by atoms with E-state index >= 15 is 0 Å². The minimum atomic E-state index is -1.81. The first-order valence-corrected chi connectivity index (χ1v) is 21.2. The molecule has 4 aliphatic heterocycles. The van der Waals surface area contributed by atoms with Gasteiger partial charge in [0, 0.05) is 0 Å². The summed E-state index contributed by atoms with van der Waals surface area (Å²) in [6.45, 7) is 11.0. The number of aliphatic hydroxyl groups excluding tert-OH is 2. The Labute approximate surface area is 346 Å². The molecule has 4 N–H and O–H groups in total. The van der Waals surface area contributed by atoms with Gasteiger partial charge in [-0.15, -0.1) is 0 Å². The van der Waals surface area contributed by atoms with Gasteiger partial charge in [-0.3, -0.25) is 0 Å². The van der Waals surface area contributed by atoms with E-state index in [0.29, 0.717) is 24.8 Å². The zero-order valence-electron chi connectivity index (χ0n) is 32.1. The molecule has 288 valence electrons. The molecule has 0 saturated carbocycles. The first kappa shape index (κ1) is 43.9. The fourth-order valence-corrected chi connectivity index (χ4v) is 11.2. The van der Waals surface area contributed by atoms with E-state index in [0.717, 1.165) is 5.57 Å². The third kappa shape index (κ3) is 10.1. The first-order chi connectivity index (χ1) is 24.1. The van der Waals surface area contributed by atoms with Crippen LogP contribution >= 0.6 is 0 Å². The van der Waals surface area contributed by atoms with E-state index in [2.05, 4.69) is 0 Å². The molecule has 6 bridgehead atoms. The van der Waals surface area contributed by atoms with Crippen LogP contribution in [0, 0.1) is 16.7 Å². The third-order valence-corrected chi connectivity index (χ3v) is 15.7. The number of carbonyl (C=O) groups is 3. The molecule has 0 aromatic carbocycles. The van der Waals surface area contributed by atoms with E-state index < -0.39 is 82.0 Å². The van der Waals surface area contributed by atoms with Crippen molar-refractivity contribution in [1.29, 1.82) is 0 Å². The second-order valence-electron chi connectivity index (χ2n) is 16.4. The van der Waals surface area contributed by atoms with Crippen LogP contribution in [0.1, 0.15) is 92.9 Å². The zero-order chi connectivity index (χ0) is 38.8. The second kappa shape index (κ2) is 17.5. The van der Waals surface area contributed by atoms with Crippen molar-refractivity contribution in [3.8, 4) is 0 Å². The second-order valence-corrected chi connectivity index (χ2v) is 19.2. The number of esters is 3. The van der Waals surface area contributed by atoms with Gasteiger partial charge >= 0.3 is 336 Å². The van der Waals surface area contributed by atoms with Crippen molar-refractivity contribution in [3.05, 3.63) is 35.5 Å². The van der Waals surface area contributed by atoms with Crippen molar-refractivity contribution in [1.82, 2.24) is 0 Å². The van der Waals surface area contributed by atoms with Crippen molar-refractivity contribution in [2.75, 3.05) is 14.2 Å². The summed E-state index contributed by atoms with van der Waals surface area (Å²) >= 11 is -0.306. The van der Waals surface area contributed by atoms with Gasteiger partial charge in [0.05, 0.1) is 0 Å². The predicted octanol–water partition coefficient (Wildman–Crippen LogP) is 3.12. The van der Waals surface area contributed by atoms with Gasteiger partial charge in [-0.1, -0.05) is 6.92 Å². The summed E-state index contributed by atoms with van der Waals surface area (Å²) < 4.78 is 34.6. The minimum absolute atomic E-state index is 0.00280. The number of carbonyl (C=O) groups excluding carboxylic acids is 3. The Balaban J connectivity index is 1.81. The van der Waals surface area contributed by atoms with E-state index in [9.17, 15) is 34.8 Å². The summed E-state index contributed by atoms with van der Waals surface area (Å²) in [5.41, 5.74) is -0.398. The van der Waals surface area contributed by atoms with E-state index in [-0.39, 0.29) is 93.6 Å². The Hall–Kier alpha value is -0.845. The van der Waals surface area contributed by atoms with Crippen LogP contribution < -0.4 is 0 Å². The Morgan fingerprint density at radius 1 is 0.942 bits per heavy atom. The molecular formula is C38H57O13Rb.